The van der Waals surface area contributed by atoms with Crippen LogP contribution in [0.5, 0.6) is 0 Å². The molecule has 0 fully saturated rings. The summed E-state index contributed by atoms with van der Waals surface area (Å²) in [5, 5.41) is -2.06. The molecule has 0 aliphatic heterocycles. The minimum atomic E-state index is -5.01. The molecule has 13 heteroatoms. The molecule has 0 bridgehead atoms. The molecule has 3 unspecified atom stereocenters. The first-order chi connectivity index (χ1) is 19.9. The van der Waals surface area contributed by atoms with Gasteiger partial charge in [0.15, 0.2) is 5.25 Å². The zero-order chi connectivity index (χ0) is 32.1. The van der Waals surface area contributed by atoms with Crippen LogP contribution in [0.1, 0.15) is 106 Å². The van der Waals surface area contributed by atoms with Crippen LogP contribution in [0.15, 0.2) is 24.3 Å². The predicted molar refractivity (Wildman–Crippen MR) is 156 cm³/mol. The molecule has 0 radical (unpaired) electrons. The third kappa shape index (κ3) is 17.8. The molecule has 0 amide bonds. The van der Waals surface area contributed by atoms with Crippen LogP contribution in [0.4, 0.5) is 0 Å². The van der Waals surface area contributed by atoms with Gasteiger partial charge in [-0.2, -0.15) is 0 Å². The third-order valence-electron chi connectivity index (χ3n) is 6.73. The molecule has 0 aromatic heterocycles. The van der Waals surface area contributed by atoms with E-state index in [4.69, 9.17) is 9.47 Å². The van der Waals surface area contributed by atoms with Crippen LogP contribution in [-0.4, -0.2) is 69.5 Å². The van der Waals surface area contributed by atoms with E-state index in [1.165, 1.54) is 26.4 Å². The van der Waals surface area contributed by atoms with Crippen LogP contribution in [0.25, 0.3) is 0 Å². The van der Waals surface area contributed by atoms with Gasteiger partial charge in [0.1, 0.15) is 10.1 Å². The van der Waals surface area contributed by atoms with E-state index in [-0.39, 0.29) is 65.7 Å². The van der Waals surface area contributed by atoms with Crippen LogP contribution in [0, 0.1) is 11.8 Å². The van der Waals surface area contributed by atoms with Crippen molar-refractivity contribution in [3.05, 3.63) is 35.4 Å². The van der Waals surface area contributed by atoms with Gasteiger partial charge in [0.05, 0.1) is 45.0 Å². The topological polar surface area (TPSA) is 162 Å². The SMILES string of the molecule is CCCCC(CC)COC(=O)CC(C(=O)OCC(CC)CCCC)S(=O)(=O)[O-].COC(=O)c1ccccc1C(=O)OC.[Na+]. The maximum atomic E-state index is 12.1. The monoisotopic (exact) mass is 638 g/mol. The van der Waals surface area contributed by atoms with E-state index >= 15 is 0 Å². The predicted octanol–water partition coefficient (Wildman–Crippen LogP) is 2.07. The first kappa shape index (κ1) is 43.1. The first-order valence-electron chi connectivity index (χ1n) is 14.4. The van der Waals surface area contributed by atoms with E-state index in [0.717, 1.165) is 51.4 Å². The maximum Gasteiger partial charge on any atom is 1.00 e. The van der Waals surface area contributed by atoms with Crippen molar-refractivity contribution >= 4 is 34.0 Å². The quantitative estimate of drug-likeness (QED) is 0.100. The fraction of sp³-hybridized carbons (Fsp3) is 0.667. The van der Waals surface area contributed by atoms with Crippen LogP contribution >= 0.6 is 0 Å². The Labute approximate surface area is 278 Å². The average molecular weight is 639 g/mol. The minimum Gasteiger partial charge on any atom is -0.747 e. The zero-order valence-corrected chi connectivity index (χ0v) is 29.5. The summed E-state index contributed by atoms with van der Waals surface area (Å²) in [4.78, 5) is 46.6. The molecule has 0 aliphatic rings. The van der Waals surface area contributed by atoms with E-state index in [9.17, 15) is 32.1 Å². The summed E-state index contributed by atoms with van der Waals surface area (Å²) in [5.74, 6) is -2.84. The van der Waals surface area contributed by atoms with Gasteiger partial charge in [0.25, 0.3) is 0 Å². The van der Waals surface area contributed by atoms with Crippen molar-refractivity contribution in [3.63, 3.8) is 0 Å². The fourth-order valence-electron chi connectivity index (χ4n) is 3.87. The molecule has 1 aromatic rings. The number of unbranched alkanes of at least 4 members (excludes halogenated alkanes) is 2. The molecule has 11 nitrogen and oxygen atoms in total. The van der Waals surface area contributed by atoms with Crippen molar-refractivity contribution in [2.75, 3.05) is 27.4 Å². The number of methoxy groups -OCH3 is 2. The summed E-state index contributed by atoms with van der Waals surface area (Å²) in [5.41, 5.74) is 0.420. The smallest absolute Gasteiger partial charge is 0.747 e. The van der Waals surface area contributed by atoms with E-state index in [1.807, 2.05) is 13.8 Å². The number of carbonyl (C=O) groups is 4. The summed E-state index contributed by atoms with van der Waals surface area (Å²) in [6, 6.07) is 6.33. The molecular weight excluding hydrogens is 591 g/mol. The number of rotatable bonds is 18. The summed E-state index contributed by atoms with van der Waals surface area (Å²) in [7, 11) is -2.49. The molecule has 3 atom stereocenters. The number of benzene rings is 1. The Morgan fingerprint density at radius 2 is 1.19 bits per heavy atom. The Balaban J connectivity index is 0. The molecular formula is C30H47NaO11S. The zero-order valence-electron chi connectivity index (χ0n) is 26.7. The van der Waals surface area contributed by atoms with E-state index in [0.29, 0.717) is 0 Å². The number of esters is 4. The second-order valence-electron chi connectivity index (χ2n) is 9.86. The third-order valence-corrected chi connectivity index (χ3v) is 7.79. The summed E-state index contributed by atoms with van der Waals surface area (Å²) >= 11 is 0. The van der Waals surface area contributed by atoms with Crippen molar-refractivity contribution in [2.24, 2.45) is 11.8 Å². The van der Waals surface area contributed by atoms with E-state index in [1.54, 1.807) is 12.1 Å². The second kappa shape index (κ2) is 24.3. The number of hydrogen-bond acceptors (Lipinski definition) is 11. The van der Waals surface area contributed by atoms with Crippen molar-refractivity contribution in [3.8, 4) is 0 Å². The van der Waals surface area contributed by atoms with Crippen LogP contribution in [0.2, 0.25) is 0 Å². The molecule has 0 heterocycles. The first-order valence-corrected chi connectivity index (χ1v) is 15.9. The Bertz CT molecular complexity index is 1040. The van der Waals surface area contributed by atoms with Crippen molar-refractivity contribution in [2.45, 2.75) is 90.7 Å². The Kier molecular flexibility index (Phi) is 24.4. The van der Waals surface area contributed by atoms with Gasteiger partial charge < -0.3 is 23.5 Å². The van der Waals surface area contributed by atoms with Crippen molar-refractivity contribution in [1.82, 2.24) is 0 Å². The molecule has 240 valence electrons. The number of ether oxygens (including phenoxy) is 4. The largest absolute Gasteiger partial charge is 1.00 e. The fourth-order valence-corrected chi connectivity index (χ4v) is 4.52. The van der Waals surface area contributed by atoms with Gasteiger partial charge in [-0.15, -0.1) is 0 Å². The molecule has 0 spiro atoms. The molecule has 0 N–H and O–H groups in total. The van der Waals surface area contributed by atoms with Crippen LogP contribution in [0.3, 0.4) is 0 Å². The number of hydrogen-bond donors (Lipinski definition) is 0. The van der Waals surface area contributed by atoms with Gasteiger partial charge in [-0.1, -0.05) is 78.4 Å². The molecule has 1 aromatic carbocycles. The standard InChI is InChI=1S/C20H38O7S.C10H10O4.Na/c1-5-9-11-16(7-3)14-26-19(21)13-18(28(23,24)25)20(22)27-15-17(8-4)12-10-6-2;1-13-9(11)7-5-3-4-6-8(7)10(12)14-2;/h16-18H,5-15H2,1-4H3,(H,23,24,25);3-6H,1-2H3;/q;;+1/p-1. The van der Waals surface area contributed by atoms with Gasteiger partial charge in [-0.25, -0.2) is 18.0 Å². The number of carbonyl (C=O) groups excluding carboxylic acids is 4. The summed E-state index contributed by atoms with van der Waals surface area (Å²) in [6.45, 7) is 8.26. The van der Waals surface area contributed by atoms with Gasteiger partial charge in [-0.05, 0) is 36.8 Å². The Morgan fingerprint density at radius 1 is 0.767 bits per heavy atom. The van der Waals surface area contributed by atoms with Crippen molar-refractivity contribution in [1.29, 1.82) is 0 Å². The van der Waals surface area contributed by atoms with Gasteiger partial charge in [0.2, 0.25) is 0 Å². The van der Waals surface area contributed by atoms with Crippen LogP contribution < -0.4 is 29.6 Å². The summed E-state index contributed by atoms with van der Waals surface area (Å²) < 4.78 is 53.6. The molecule has 0 saturated heterocycles. The van der Waals surface area contributed by atoms with Gasteiger partial charge in [-0.3, -0.25) is 9.59 Å². The maximum absolute atomic E-state index is 12.1. The molecule has 43 heavy (non-hydrogen) atoms. The molecule has 1 rings (SSSR count). The van der Waals surface area contributed by atoms with Gasteiger partial charge >= 0.3 is 53.4 Å². The van der Waals surface area contributed by atoms with Crippen molar-refractivity contribution < 1.29 is 80.7 Å². The second-order valence-corrected chi connectivity index (χ2v) is 11.4. The normalized spacial score (nSPS) is 12.7. The average Bonchev–Trinajstić information content (AvgIpc) is 2.98. The van der Waals surface area contributed by atoms with Gasteiger partial charge in [0, 0.05) is 0 Å². The van der Waals surface area contributed by atoms with Crippen LogP contribution in [-0.2, 0) is 38.7 Å². The molecule has 0 aliphatic carbocycles. The summed E-state index contributed by atoms with van der Waals surface area (Å²) in [6.07, 6.45) is 6.58. The van der Waals surface area contributed by atoms with E-state index in [2.05, 4.69) is 23.3 Å². The molecule has 0 saturated carbocycles. The van der Waals surface area contributed by atoms with E-state index < -0.39 is 45.7 Å². The Morgan fingerprint density at radius 3 is 1.53 bits per heavy atom. The minimum absolute atomic E-state index is 0. The Hall–Kier alpha value is -1.99.